The fourth-order valence-electron chi connectivity index (χ4n) is 6.12. The van der Waals surface area contributed by atoms with Gasteiger partial charge >= 0.3 is 12.1 Å². The molecule has 3 saturated heterocycles. The molecule has 3 N–H and O–H groups in total. The molecule has 0 saturated carbocycles. The number of carbonyl (C=O) groups is 4. The largest absolute Gasteiger partial charge is 0.471 e. The second kappa shape index (κ2) is 11.1. The summed E-state index contributed by atoms with van der Waals surface area (Å²) in [7, 11) is -2.07. The van der Waals surface area contributed by atoms with Crippen LogP contribution in [-0.4, -0.2) is 72.6 Å². The van der Waals surface area contributed by atoms with E-state index >= 15 is 0 Å². The van der Waals surface area contributed by atoms with Crippen molar-refractivity contribution in [2.75, 3.05) is 6.17 Å². The lowest BCUT2D eigenvalue weighted by Crippen LogP contribution is -2.60. The molecule has 39 heavy (non-hydrogen) atoms. The molecule has 0 aromatic rings. The van der Waals surface area contributed by atoms with E-state index in [2.05, 4.69) is 16.7 Å². The molecule has 3 heterocycles. The molecular formula is C26H40F3N5O4Si. The Kier molecular flexibility index (Phi) is 8.80. The van der Waals surface area contributed by atoms with Gasteiger partial charge in [-0.3, -0.25) is 19.2 Å². The van der Waals surface area contributed by atoms with E-state index in [-0.39, 0.29) is 17.9 Å². The molecule has 4 unspecified atom stereocenters. The monoisotopic (exact) mass is 571 g/mol. The third kappa shape index (κ3) is 7.32. The van der Waals surface area contributed by atoms with Gasteiger partial charge in [0.2, 0.25) is 17.7 Å². The zero-order chi connectivity index (χ0) is 29.4. The van der Waals surface area contributed by atoms with Crippen LogP contribution in [0.25, 0.3) is 0 Å². The zero-order valence-electron chi connectivity index (χ0n) is 23.3. The Balaban J connectivity index is 1.80. The summed E-state index contributed by atoms with van der Waals surface area (Å²) < 4.78 is 39.2. The maximum atomic E-state index is 13.8. The van der Waals surface area contributed by atoms with E-state index < -0.39 is 61.4 Å². The predicted molar refractivity (Wildman–Crippen MR) is 139 cm³/mol. The summed E-state index contributed by atoms with van der Waals surface area (Å²) in [4.78, 5) is 53.0. The number of piperidine rings is 1. The van der Waals surface area contributed by atoms with Crippen LogP contribution in [0, 0.1) is 22.7 Å². The lowest BCUT2D eigenvalue weighted by molar-refractivity contribution is -0.176. The van der Waals surface area contributed by atoms with Crippen molar-refractivity contribution in [1.29, 1.82) is 5.26 Å². The van der Waals surface area contributed by atoms with Crippen molar-refractivity contribution in [2.45, 2.75) is 115 Å². The number of nitriles is 1. The first-order valence-corrected chi connectivity index (χ1v) is 16.4. The first kappa shape index (κ1) is 30.9. The van der Waals surface area contributed by atoms with Crippen molar-refractivity contribution in [2.24, 2.45) is 11.3 Å². The molecule has 218 valence electrons. The number of halogens is 3. The predicted octanol–water partition coefficient (Wildman–Crippen LogP) is 2.78. The third-order valence-corrected chi connectivity index (χ3v) is 13.4. The van der Waals surface area contributed by atoms with Crippen molar-refractivity contribution in [1.82, 2.24) is 20.9 Å². The van der Waals surface area contributed by atoms with Crippen LogP contribution < -0.4 is 16.0 Å². The molecule has 1 spiro atoms. The van der Waals surface area contributed by atoms with Gasteiger partial charge < -0.3 is 20.9 Å². The van der Waals surface area contributed by atoms with Gasteiger partial charge in [-0.2, -0.15) is 18.4 Å². The van der Waals surface area contributed by atoms with Gasteiger partial charge in [0.1, 0.15) is 18.1 Å². The van der Waals surface area contributed by atoms with E-state index in [1.165, 1.54) is 4.90 Å². The van der Waals surface area contributed by atoms with Crippen molar-refractivity contribution in [3.8, 4) is 6.07 Å². The van der Waals surface area contributed by atoms with Gasteiger partial charge in [-0.05, 0) is 44.6 Å². The van der Waals surface area contributed by atoms with Crippen molar-refractivity contribution < 1.29 is 32.3 Å². The van der Waals surface area contributed by atoms with Gasteiger partial charge in [0, 0.05) is 17.6 Å². The van der Waals surface area contributed by atoms with E-state index in [9.17, 15) is 37.6 Å². The summed E-state index contributed by atoms with van der Waals surface area (Å²) in [5.41, 5.74) is -1.39. The lowest BCUT2D eigenvalue weighted by atomic mass is 9.83. The third-order valence-electron chi connectivity index (χ3n) is 8.35. The summed E-state index contributed by atoms with van der Waals surface area (Å²) in [6.45, 7) is 8.51. The molecule has 3 aliphatic heterocycles. The highest BCUT2D eigenvalue weighted by atomic mass is 28.3. The molecule has 0 bridgehead atoms. The minimum absolute atomic E-state index is 0.125. The molecule has 3 aliphatic rings. The van der Waals surface area contributed by atoms with Gasteiger partial charge in [-0.1, -0.05) is 45.7 Å². The van der Waals surface area contributed by atoms with Gasteiger partial charge in [0.25, 0.3) is 0 Å². The van der Waals surface area contributed by atoms with Crippen LogP contribution >= 0.6 is 0 Å². The Bertz CT molecular complexity index is 1030. The molecule has 13 heteroatoms. The Morgan fingerprint density at radius 3 is 2.31 bits per heavy atom. The second-order valence-electron chi connectivity index (χ2n) is 13.2. The molecule has 3 rings (SSSR count). The first-order valence-electron chi connectivity index (χ1n) is 13.6. The summed E-state index contributed by atoms with van der Waals surface area (Å²) in [5, 5.41) is 17.3. The Labute approximate surface area is 228 Å². The smallest absolute Gasteiger partial charge is 0.351 e. The quantitative estimate of drug-likeness (QED) is 0.422. The van der Waals surface area contributed by atoms with Gasteiger partial charge in [-0.15, -0.1) is 0 Å². The Morgan fingerprint density at radius 1 is 1.18 bits per heavy atom. The van der Waals surface area contributed by atoms with Crippen LogP contribution in [0.2, 0.25) is 18.1 Å². The van der Waals surface area contributed by atoms with Crippen molar-refractivity contribution in [3.05, 3.63) is 0 Å². The zero-order valence-corrected chi connectivity index (χ0v) is 24.3. The average molecular weight is 572 g/mol. The van der Waals surface area contributed by atoms with Crippen LogP contribution in [0.15, 0.2) is 0 Å². The Morgan fingerprint density at radius 2 is 1.79 bits per heavy atom. The van der Waals surface area contributed by atoms with Gasteiger partial charge in [0.15, 0.2) is 0 Å². The van der Waals surface area contributed by atoms with Crippen LogP contribution in [-0.2, 0) is 19.2 Å². The van der Waals surface area contributed by atoms with E-state index in [4.69, 9.17) is 0 Å². The van der Waals surface area contributed by atoms with E-state index in [1.807, 2.05) is 19.2 Å². The average Bonchev–Trinajstić information content (AvgIpc) is 3.43. The van der Waals surface area contributed by atoms with Crippen LogP contribution in [0.1, 0.15) is 66.7 Å². The van der Waals surface area contributed by atoms with Gasteiger partial charge in [0.05, 0.1) is 14.1 Å². The molecule has 0 aromatic carbocycles. The number of hydrogen-bond donors (Lipinski definition) is 3. The fourth-order valence-corrected chi connectivity index (χ4v) is 11.6. The molecule has 0 aromatic heterocycles. The van der Waals surface area contributed by atoms with Crippen LogP contribution in [0.3, 0.4) is 0 Å². The number of carbonyl (C=O) groups excluding carboxylic acids is 4. The number of nitrogens with zero attached hydrogens (tertiary/aromatic N) is 2. The number of rotatable bonds is 6. The van der Waals surface area contributed by atoms with Gasteiger partial charge in [-0.25, -0.2) is 0 Å². The highest BCUT2D eigenvalue weighted by molar-refractivity contribution is 6.82. The highest BCUT2D eigenvalue weighted by Crippen LogP contribution is 2.42. The molecule has 4 amide bonds. The van der Waals surface area contributed by atoms with Crippen LogP contribution in [0.5, 0.6) is 0 Å². The molecule has 3 fully saturated rings. The molecule has 0 radical (unpaired) electrons. The summed E-state index contributed by atoms with van der Waals surface area (Å²) in [5.74, 6) is -4.09. The minimum atomic E-state index is -5.16. The number of amides is 4. The van der Waals surface area contributed by atoms with Crippen molar-refractivity contribution in [3.63, 3.8) is 0 Å². The standard InChI is InChI=1S/C26H40F3N5O4Si/c1-24(2,3)19(32-23(38)26(27,28)29)22(37)34-15-39(10-6-7-11-39)14-18(34)21(36)31-17(13-30)12-16-8-9-25(4,5)33-20(16)35/h16-19H,6-12,14-15H2,1-5H3,(H,31,36)(H,32,38)(H,33,35). The SMILES string of the molecule is CC1(C)CCC(CC(C#N)NC(=O)C2C[Si]3(CCCC3)CN2C(=O)C(NC(=O)C(F)(F)F)C(C)(C)C)C(=O)N1. The minimum Gasteiger partial charge on any atom is -0.351 e. The highest BCUT2D eigenvalue weighted by Gasteiger charge is 2.54. The molecule has 0 aliphatic carbocycles. The van der Waals surface area contributed by atoms with E-state index in [0.717, 1.165) is 31.4 Å². The fraction of sp³-hybridized carbons (Fsp3) is 0.808. The molecule has 4 atom stereocenters. The van der Waals surface area contributed by atoms with Crippen LogP contribution in [0.4, 0.5) is 13.2 Å². The maximum absolute atomic E-state index is 13.8. The number of hydrogen-bond acceptors (Lipinski definition) is 5. The van der Waals surface area contributed by atoms with E-state index in [0.29, 0.717) is 18.6 Å². The summed E-state index contributed by atoms with van der Waals surface area (Å²) in [6.07, 6.45) is -1.45. The molecular weight excluding hydrogens is 531 g/mol. The summed E-state index contributed by atoms with van der Waals surface area (Å²) >= 11 is 0. The topological polar surface area (TPSA) is 131 Å². The normalized spacial score (nSPS) is 25.9. The maximum Gasteiger partial charge on any atom is 0.471 e. The van der Waals surface area contributed by atoms with E-state index in [1.54, 1.807) is 20.8 Å². The number of alkyl halides is 3. The lowest BCUT2D eigenvalue weighted by Gasteiger charge is -2.36. The molecule has 9 nitrogen and oxygen atoms in total. The summed E-state index contributed by atoms with van der Waals surface area (Å²) in [6, 6.07) is 0.948. The van der Waals surface area contributed by atoms with Crippen molar-refractivity contribution >= 4 is 31.7 Å². The number of nitrogens with one attached hydrogen (secondary N) is 3. The Hall–Kier alpha value is -2.62. The first-order chi connectivity index (χ1) is 17.9. The second-order valence-corrected chi connectivity index (χ2v) is 17.9.